The zero-order chi connectivity index (χ0) is 20.7. The molecule has 0 spiro atoms. The topological polar surface area (TPSA) is 134 Å². The van der Waals surface area contributed by atoms with Crippen LogP contribution in [0.25, 0.3) is 22.0 Å². The molecular formula is C19H18N6O4S. The van der Waals surface area contributed by atoms with E-state index in [-0.39, 0.29) is 36.9 Å². The van der Waals surface area contributed by atoms with E-state index in [0.717, 1.165) is 22.1 Å². The second kappa shape index (κ2) is 7.10. The number of fused-ring (bicyclic) bond motifs is 2. The Labute approximate surface area is 171 Å². The molecular weight excluding hydrogens is 408 g/mol. The molecule has 0 aliphatic carbocycles. The lowest BCUT2D eigenvalue weighted by molar-refractivity contribution is -0.130. The van der Waals surface area contributed by atoms with Crippen molar-refractivity contribution in [3.05, 3.63) is 42.2 Å². The van der Waals surface area contributed by atoms with E-state index in [2.05, 4.69) is 25.7 Å². The highest BCUT2D eigenvalue weighted by Crippen LogP contribution is 2.27. The van der Waals surface area contributed by atoms with Crippen molar-refractivity contribution in [1.29, 1.82) is 0 Å². The first-order valence-corrected chi connectivity index (χ1v) is 11.2. The molecule has 1 saturated heterocycles. The molecule has 4 heterocycles. The van der Waals surface area contributed by atoms with Crippen molar-refractivity contribution in [2.45, 2.75) is 6.42 Å². The van der Waals surface area contributed by atoms with Gasteiger partial charge in [-0.2, -0.15) is 5.10 Å². The second-order valence-electron chi connectivity index (χ2n) is 7.15. The largest absolute Gasteiger partial charge is 0.356 e. The molecule has 1 aliphatic heterocycles. The van der Waals surface area contributed by atoms with Gasteiger partial charge in [-0.1, -0.05) is 5.16 Å². The minimum Gasteiger partial charge on any atom is -0.356 e. The van der Waals surface area contributed by atoms with Gasteiger partial charge in [-0.15, -0.1) is 0 Å². The highest BCUT2D eigenvalue weighted by atomic mass is 32.2. The van der Waals surface area contributed by atoms with Crippen molar-refractivity contribution in [3.8, 4) is 0 Å². The van der Waals surface area contributed by atoms with Crippen LogP contribution in [0, 0.1) is 0 Å². The summed E-state index contributed by atoms with van der Waals surface area (Å²) in [6.45, 7) is 0.438. The maximum Gasteiger partial charge on any atom is 0.228 e. The molecule has 4 aromatic rings. The Hall–Kier alpha value is -3.47. The van der Waals surface area contributed by atoms with Crippen molar-refractivity contribution in [1.82, 2.24) is 25.2 Å². The van der Waals surface area contributed by atoms with Crippen LogP contribution in [0.15, 0.2) is 41.1 Å². The summed E-state index contributed by atoms with van der Waals surface area (Å²) in [4.78, 5) is 18.4. The highest BCUT2D eigenvalue weighted by Gasteiger charge is 2.26. The molecule has 1 amide bonds. The number of nitrogens with zero attached hydrogens (tertiary/aromatic N) is 4. The van der Waals surface area contributed by atoms with E-state index in [0.29, 0.717) is 17.1 Å². The summed E-state index contributed by atoms with van der Waals surface area (Å²) >= 11 is 0. The van der Waals surface area contributed by atoms with Crippen molar-refractivity contribution in [3.63, 3.8) is 0 Å². The first kappa shape index (κ1) is 18.6. The smallest absolute Gasteiger partial charge is 0.228 e. The molecule has 3 aromatic heterocycles. The van der Waals surface area contributed by atoms with Gasteiger partial charge in [0.05, 0.1) is 23.4 Å². The Morgan fingerprint density at radius 3 is 2.90 bits per heavy atom. The minimum absolute atomic E-state index is 0.00403. The minimum atomic E-state index is -3.03. The Balaban J connectivity index is 1.33. The van der Waals surface area contributed by atoms with Crippen LogP contribution in [0.5, 0.6) is 0 Å². The maximum atomic E-state index is 12.5. The Kier molecular flexibility index (Phi) is 4.39. The quantitative estimate of drug-likeness (QED) is 0.503. The van der Waals surface area contributed by atoms with Crippen molar-refractivity contribution in [2.24, 2.45) is 0 Å². The molecule has 10 nitrogen and oxygen atoms in total. The molecule has 1 aliphatic rings. The van der Waals surface area contributed by atoms with Crippen LogP contribution in [-0.2, 0) is 21.1 Å². The molecule has 11 heteroatoms. The van der Waals surface area contributed by atoms with Gasteiger partial charge in [0.25, 0.3) is 0 Å². The van der Waals surface area contributed by atoms with Gasteiger partial charge in [-0.3, -0.25) is 14.9 Å². The van der Waals surface area contributed by atoms with E-state index in [1.807, 2.05) is 24.3 Å². The third-order valence-corrected chi connectivity index (χ3v) is 6.75. The summed E-state index contributed by atoms with van der Waals surface area (Å²) in [5.41, 5.74) is 3.37. The predicted molar refractivity (Wildman–Crippen MR) is 110 cm³/mol. The molecule has 0 atom stereocenters. The van der Waals surface area contributed by atoms with Crippen molar-refractivity contribution >= 4 is 49.3 Å². The average Bonchev–Trinajstić information content (AvgIpc) is 3.32. The highest BCUT2D eigenvalue weighted by molar-refractivity contribution is 7.91. The van der Waals surface area contributed by atoms with Gasteiger partial charge in [0.15, 0.2) is 21.2 Å². The third kappa shape index (κ3) is 3.47. The van der Waals surface area contributed by atoms with Gasteiger partial charge < -0.3 is 14.7 Å². The van der Waals surface area contributed by atoms with Crippen LogP contribution in [0.4, 0.5) is 11.5 Å². The fraction of sp³-hybridized carbons (Fsp3) is 0.263. The lowest BCUT2D eigenvalue weighted by atomic mass is 10.1. The number of sulfone groups is 1. The maximum absolute atomic E-state index is 12.5. The number of amides is 1. The standard InChI is InChI=1S/C19H18N6O4S/c26-17(25-6-8-30(27,28)9-7-25)11-15-13-4-3-12(10-16(13)29-24-15)21-19-18-14(22-23-19)2-1-5-20-18/h1-5,10H,6-9,11H2,(H2,21,22,23). The fourth-order valence-electron chi connectivity index (χ4n) is 3.49. The van der Waals surface area contributed by atoms with Crippen molar-refractivity contribution in [2.75, 3.05) is 29.9 Å². The summed E-state index contributed by atoms with van der Waals surface area (Å²) in [6.07, 6.45) is 1.76. The lowest BCUT2D eigenvalue weighted by Gasteiger charge is -2.26. The molecule has 0 unspecified atom stereocenters. The van der Waals surface area contributed by atoms with Crippen LogP contribution in [0.1, 0.15) is 5.69 Å². The van der Waals surface area contributed by atoms with Gasteiger partial charge in [0, 0.05) is 36.4 Å². The number of pyridine rings is 1. The molecule has 0 radical (unpaired) electrons. The zero-order valence-corrected chi connectivity index (χ0v) is 16.6. The monoisotopic (exact) mass is 426 g/mol. The SMILES string of the molecule is O=C(Cc1noc2cc(Nc3n[nH]c4cccnc34)ccc12)N1CCS(=O)(=O)CC1. The Morgan fingerprint density at radius 2 is 2.07 bits per heavy atom. The van der Waals surface area contributed by atoms with Gasteiger partial charge >= 0.3 is 0 Å². The third-order valence-electron chi connectivity index (χ3n) is 5.15. The molecule has 0 bridgehead atoms. The number of H-pyrrole nitrogens is 1. The van der Waals surface area contributed by atoms with E-state index < -0.39 is 9.84 Å². The zero-order valence-electron chi connectivity index (χ0n) is 15.8. The summed E-state index contributed by atoms with van der Waals surface area (Å²) < 4.78 is 28.5. The number of nitrogens with one attached hydrogen (secondary N) is 2. The summed E-state index contributed by atoms with van der Waals surface area (Å²) in [5.74, 6) is 0.449. The van der Waals surface area contributed by atoms with Crippen LogP contribution < -0.4 is 5.32 Å². The van der Waals surface area contributed by atoms with E-state index in [4.69, 9.17) is 4.52 Å². The molecule has 1 aromatic carbocycles. The summed E-state index contributed by atoms with van der Waals surface area (Å²) in [5, 5.41) is 15.1. The van der Waals surface area contributed by atoms with Crippen LogP contribution in [-0.4, -0.2) is 64.2 Å². The van der Waals surface area contributed by atoms with E-state index in [9.17, 15) is 13.2 Å². The number of rotatable bonds is 4. The van der Waals surface area contributed by atoms with Crippen LogP contribution in [0.2, 0.25) is 0 Å². The number of aromatic amines is 1. The predicted octanol–water partition coefficient (Wildman–Crippen LogP) is 1.64. The number of benzene rings is 1. The van der Waals surface area contributed by atoms with Crippen molar-refractivity contribution < 1.29 is 17.7 Å². The first-order chi connectivity index (χ1) is 14.5. The van der Waals surface area contributed by atoms with Gasteiger partial charge in [0.1, 0.15) is 11.2 Å². The number of hydrogen-bond acceptors (Lipinski definition) is 8. The van der Waals surface area contributed by atoms with E-state index >= 15 is 0 Å². The average molecular weight is 426 g/mol. The second-order valence-corrected chi connectivity index (χ2v) is 9.45. The molecule has 154 valence electrons. The molecule has 0 saturated carbocycles. The Bertz CT molecular complexity index is 1350. The van der Waals surface area contributed by atoms with E-state index in [1.54, 1.807) is 17.2 Å². The van der Waals surface area contributed by atoms with Crippen LogP contribution >= 0.6 is 0 Å². The molecule has 30 heavy (non-hydrogen) atoms. The lowest BCUT2D eigenvalue weighted by Crippen LogP contribution is -2.44. The first-order valence-electron chi connectivity index (χ1n) is 9.41. The van der Waals surface area contributed by atoms with E-state index in [1.165, 1.54) is 0 Å². The van der Waals surface area contributed by atoms with Gasteiger partial charge in [-0.05, 0) is 24.3 Å². The fourth-order valence-corrected chi connectivity index (χ4v) is 4.69. The number of hydrogen-bond donors (Lipinski definition) is 2. The molecule has 1 fully saturated rings. The van der Waals surface area contributed by atoms with Gasteiger partial charge in [-0.25, -0.2) is 8.42 Å². The normalized spacial score (nSPS) is 16.2. The molecule has 5 rings (SSSR count). The molecule has 2 N–H and O–H groups in total. The number of anilines is 2. The summed E-state index contributed by atoms with van der Waals surface area (Å²) in [7, 11) is -3.03. The number of aromatic nitrogens is 4. The van der Waals surface area contributed by atoms with Gasteiger partial charge in [0.2, 0.25) is 5.91 Å². The Morgan fingerprint density at radius 1 is 1.23 bits per heavy atom. The number of carbonyl (C=O) groups excluding carboxylic acids is 1. The van der Waals surface area contributed by atoms with Crippen LogP contribution in [0.3, 0.4) is 0 Å². The summed E-state index contributed by atoms with van der Waals surface area (Å²) in [6, 6.07) is 9.19. The number of carbonyl (C=O) groups is 1.